The molecule has 0 aromatic heterocycles. The van der Waals surface area contributed by atoms with Gasteiger partial charge in [0.25, 0.3) is 0 Å². The summed E-state index contributed by atoms with van der Waals surface area (Å²) in [6.45, 7) is 0. The Bertz CT molecular complexity index is 695. The van der Waals surface area contributed by atoms with Crippen molar-refractivity contribution in [3.8, 4) is 6.07 Å². The maximum atomic E-state index is 11.4. The van der Waals surface area contributed by atoms with E-state index >= 15 is 0 Å². The van der Waals surface area contributed by atoms with E-state index in [4.69, 9.17) is 0 Å². The molecular weight excluding hydrogens is 268 g/mol. The van der Waals surface area contributed by atoms with Gasteiger partial charge in [0.05, 0.1) is 11.6 Å². The third-order valence-corrected chi connectivity index (χ3v) is 5.17. The molecule has 102 valence electrons. The molecule has 1 aliphatic rings. The highest BCUT2D eigenvalue weighted by molar-refractivity contribution is 7.85. The lowest BCUT2D eigenvalue weighted by Gasteiger charge is -2.24. The van der Waals surface area contributed by atoms with Gasteiger partial charge in [-0.1, -0.05) is 24.3 Å². The van der Waals surface area contributed by atoms with Crippen molar-refractivity contribution >= 4 is 27.3 Å². The minimum absolute atomic E-state index is 0.379. The second kappa shape index (κ2) is 5.64. The molecule has 1 fully saturated rings. The van der Waals surface area contributed by atoms with E-state index < -0.39 is 10.8 Å². The van der Waals surface area contributed by atoms with Crippen LogP contribution in [0.25, 0.3) is 10.8 Å². The lowest BCUT2D eigenvalue weighted by atomic mass is 10.0. The van der Waals surface area contributed by atoms with Crippen LogP contribution < -0.4 is 5.32 Å². The van der Waals surface area contributed by atoms with Crippen LogP contribution in [-0.2, 0) is 10.8 Å². The second-order valence-electron chi connectivity index (χ2n) is 5.08. The standard InChI is InChI=1S/C16H16N2OS/c17-11-12-5-6-16(15-4-2-1-3-14(12)15)18-13-7-9-20(19)10-8-13/h1-6,13,18H,7-10H2. The first-order valence-corrected chi connectivity index (χ1v) is 8.30. The molecule has 20 heavy (non-hydrogen) atoms. The van der Waals surface area contributed by atoms with E-state index in [1.54, 1.807) is 0 Å². The number of nitrogens with one attached hydrogen (secondary N) is 1. The van der Waals surface area contributed by atoms with Crippen molar-refractivity contribution in [1.82, 2.24) is 0 Å². The molecule has 1 saturated heterocycles. The van der Waals surface area contributed by atoms with E-state index in [9.17, 15) is 9.47 Å². The first-order valence-electron chi connectivity index (χ1n) is 6.81. The Morgan fingerprint density at radius 2 is 1.80 bits per heavy atom. The number of benzene rings is 2. The highest BCUT2D eigenvalue weighted by Crippen LogP contribution is 2.28. The Morgan fingerprint density at radius 1 is 1.10 bits per heavy atom. The summed E-state index contributed by atoms with van der Waals surface area (Å²) in [7, 11) is -0.634. The second-order valence-corrected chi connectivity index (χ2v) is 6.78. The zero-order valence-electron chi connectivity index (χ0n) is 11.1. The molecule has 0 saturated carbocycles. The van der Waals surface area contributed by atoms with Gasteiger partial charge in [0, 0.05) is 44.8 Å². The van der Waals surface area contributed by atoms with Crippen LogP contribution in [0, 0.1) is 11.3 Å². The van der Waals surface area contributed by atoms with Crippen LogP contribution in [0.1, 0.15) is 18.4 Å². The Labute approximate surface area is 121 Å². The molecule has 2 aromatic rings. The van der Waals surface area contributed by atoms with Crippen LogP contribution in [0.4, 0.5) is 5.69 Å². The topological polar surface area (TPSA) is 52.9 Å². The summed E-state index contributed by atoms with van der Waals surface area (Å²) < 4.78 is 11.4. The van der Waals surface area contributed by atoms with Gasteiger partial charge in [-0.2, -0.15) is 5.26 Å². The first-order chi connectivity index (χ1) is 9.78. The quantitative estimate of drug-likeness (QED) is 0.922. The van der Waals surface area contributed by atoms with Gasteiger partial charge in [0.15, 0.2) is 0 Å². The van der Waals surface area contributed by atoms with Crippen molar-refractivity contribution in [3.05, 3.63) is 42.0 Å². The average Bonchev–Trinajstić information content (AvgIpc) is 2.50. The fourth-order valence-corrected chi connectivity index (χ4v) is 3.98. The molecule has 3 rings (SSSR count). The summed E-state index contributed by atoms with van der Waals surface area (Å²) in [4.78, 5) is 0. The van der Waals surface area contributed by atoms with Crippen LogP contribution in [-0.4, -0.2) is 21.8 Å². The molecule has 0 spiro atoms. The Hall–Kier alpha value is -1.86. The number of rotatable bonds is 2. The first kappa shape index (κ1) is 13.1. The number of nitriles is 1. The number of hydrogen-bond donors (Lipinski definition) is 1. The van der Waals surface area contributed by atoms with Gasteiger partial charge in [0.2, 0.25) is 0 Å². The van der Waals surface area contributed by atoms with Gasteiger partial charge >= 0.3 is 0 Å². The van der Waals surface area contributed by atoms with E-state index in [0.717, 1.165) is 40.8 Å². The number of hydrogen-bond acceptors (Lipinski definition) is 3. The summed E-state index contributed by atoms with van der Waals surface area (Å²) in [6, 6.07) is 14.4. The largest absolute Gasteiger partial charge is 0.382 e. The SMILES string of the molecule is N#Cc1ccc(NC2CCS(=O)CC2)c2ccccc12. The lowest BCUT2D eigenvalue weighted by Crippen LogP contribution is -2.29. The van der Waals surface area contributed by atoms with Gasteiger partial charge in [-0.05, 0) is 25.0 Å². The molecule has 0 atom stereocenters. The summed E-state index contributed by atoms with van der Waals surface area (Å²) in [6.07, 6.45) is 1.89. The molecule has 1 N–H and O–H groups in total. The fraction of sp³-hybridized carbons (Fsp3) is 0.312. The Balaban J connectivity index is 1.93. The molecule has 0 unspecified atom stereocenters. The molecule has 0 radical (unpaired) electrons. The van der Waals surface area contributed by atoms with Crippen molar-refractivity contribution in [3.63, 3.8) is 0 Å². The fourth-order valence-electron chi connectivity index (χ4n) is 2.68. The highest BCUT2D eigenvalue weighted by atomic mass is 32.2. The maximum Gasteiger partial charge on any atom is 0.0998 e. The van der Waals surface area contributed by atoms with E-state index in [1.165, 1.54) is 0 Å². The normalized spacial score (nSPS) is 22.4. The lowest BCUT2D eigenvalue weighted by molar-refractivity contribution is 0.624. The molecule has 0 bridgehead atoms. The molecule has 0 amide bonds. The monoisotopic (exact) mass is 284 g/mol. The predicted octanol–water partition coefficient (Wildman–Crippen LogP) is 3.03. The van der Waals surface area contributed by atoms with Crippen molar-refractivity contribution in [2.24, 2.45) is 0 Å². The summed E-state index contributed by atoms with van der Waals surface area (Å²) >= 11 is 0. The summed E-state index contributed by atoms with van der Waals surface area (Å²) in [5.74, 6) is 1.57. The van der Waals surface area contributed by atoms with E-state index in [2.05, 4.69) is 11.4 Å². The third-order valence-electron chi connectivity index (χ3n) is 3.79. The van der Waals surface area contributed by atoms with Gasteiger partial charge in [-0.15, -0.1) is 0 Å². The molecule has 1 heterocycles. The maximum absolute atomic E-state index is 11.4. The zero-order valence-corrected chi connectivity index (χ0v) is 12.0. The van der Waals surface area contributed by atoms with Crippen molar-refractivity contribution in [2.75, 3.05) is 16.8 Å². The van der Waals surface area contributed by atoms with Gasteiger partial charge in [-0.25, -0.2) is 0 Å². The highest BCUT2D eigenvalue weighted by Gasteiger charge is 2.18. The summed E-state index contributed by atoms with van der Waals surface area (Å²) in [5, 5.41) is 14.8. The van der Waals surface area contributed by atoms with Crippen LogP contribution in [0.2, 0.25) is 0 Å². The predicted molar refractivity (Wildman–Crippen MR) is 83.2 cm³/mol. The van der Waals surface area contributed by atoms with Crippen molar-refractivity contribution < 1.29 is 4.21 Å². The number of anilines is 1. The Kier molecular flexibility index (Phi) is 3.70. The van der Waals surface area contributed by atoms with Crippen LogP contribution in [0.5, 0.6) is 0 Å². The van der Waals surface area contributed by atoms with Gasteiger partial charge in [0.1, 0.15) is 0 Å². The number of fused-ring (bicyclic) bond motifs is 1. The minimum atomic E-state index is -0.634. The minimum Gasteiger partial charge on any atom is -0.382 e. The molecule has 0 aliphatic carbocycles. The van der Waals surface area contributed by atoms with Crippen LogP contribution in [0.3, 0.4) is 0 Å². The van der Waals surface area contributed by atoms with E-state index in [0.29, 0.717) is 11.6 Å². The Morgan fingerprint density at radius 3 is 2.50 bits per heavy atom. The third kappa shape index (κ3) is 2.54. The van der Waals surface area contributed by atoms with Crippen molar-refractivity contribution in [1.29, 1.82) is 5.26 Å². The van der Waals surface area contributed by atoms with Gasteiger partial charge < -0.3 is 5.32 Å². The number of nitrogens with zero attached hydrogens (tertiary/aromatic N) is 1. The van der Waals surface area contributed by atoms with Crippen molar-refractivity contribution in [2.45, 2.75) is 18.9 Å². The molecule has 1 aliphatic heterocycles. The van der Waals surface area contributed by atoms with Crippen LogP contribution in [0.15, 0.2) is 36.4 Å². The molecule has 4 heteroatoms. The molecular formula is C16H16N2OS. The summed E-state index contributed by atoms with van der Waals surface area (Å²) in [5.41, 5.74) is 1.77. The molecule has 2 aromatic carbocycles. The molecule has 3 nitrogen and oxygen atoms in total. The van der Waals surface area contributed by atoms with E-state index in [1.807, 2.05) is 36.4 Å². The zero-order chi connectivity index (χ0) is 13.9. The smallest absolute Gasteiger partial charge is 0.0998 e. The van der Waals surface area contributed by atoms with Crippen LogP contribution >= 0.6 is 0 Å². The average molecular weight is 284 g/mol. The van der Waals surface area contributed by atoms with E-state index in [-0.39, 0.29) is 0 Å². The van der Waals surface area contributed by atoms with Gasteiger partial charge in [-0.3, -0.25) is 4.21 Å².